The number of rotatable bonds is 5. The van der Waals surface area contributed by atoms with Gasteiger partial charge < -0.3 is 16.8 Å². The molecule has 0 aliphatic carbocycles. The molecule has 0 radical (unpaired) electrons. The minimum atomic E-state index is -1.05. The molecule has 0 aliphatic rings. The third-order valence-electron chi connectivity index (χ3n) is 2.21. The molecular formula is C11H14ClF2N3O2. The Morgan fingerprint density at radius 2 is 1.89 bits per heavy atom. The number of halogens is 3. The van der Waals surface area contributed by atoms with Gasteiger partial charge in [-0.15, -0.1) is 12.4 Å². The van der Waals surface area contributed by atoms with E-state index in [0.29, 0.717) is 5.56 Å². The number of nitrogens with two attached hydrogens (primary N) is 2. The molecule has 1 atom stereocenters. The van der Waals surface area contributed by atoms with Crippen molar-refractivity contribution in [2.45, 2.75) is 19.0 Å². The first-order chi connectivity index (χ1) is 8.40. The summed E-state index contributed by atoms with van der Waals surface area (Å²) in [6, 6.07) is 2.21. The van der Waals surface area contributed by atoms with E-state index >= 15 is 0 Å². The van der Waals surface area contributed by atoms with Gasteiger partial charge in [0.15, 0.2) is 11.6 Å². The van der Waals surface area contributed by atoms with Crippen molar-refractivity contribution in [3.05, 3.63) is 35.4 Å². The summed E-state index contributed by atoms with van der Waals surface area (Å²) in [5.74, 6) is -3.23. The fourth-order valence-corrected chi connectivity index (χ4v) is 1.28. The van der Waals surface area contributed by atoms with E-state index < -0.39 is 29.5 Å². The number of carbonyl (C=O) groups is 2. The van der Waals surface area contributed by atoms with Gasteiger partial charge in [-0.2, -0.15) is 0 Å². The first-order valence-electron chi connectivity index (χ1n) is 5.15. The van der Waals surface area contributed by atoms with E-state index in [9.17, 15) is 18.4 Å². The third-order valence-corrected chi connectivity index (χ3v) is 2.21. The van der Waals surface area contributed by atoms with Crippen LogP contribution in [0.5, 0.6) is 0 Å². The quantitative estimate of drug-likeness (QED) is 0.723. The van der Waals surface area contributed by atoms with Gasteiger partial charge in [0.25, 0.3) is 0 Å². The van der Waals surface area contributed by atoms with E-state index in [1.807, 2.05) is 0 Å². The van der Waals surface area contributed by atoms with Crippen LogP contribution in [0.15, 0.2) is 18.2 Å². The van der Waals surface area contributed by atoms with Crippen LogP contribution in [0.4, 0.5) is 8.78 Å². The molecule has 5 N–H and O–H groups in total. The van der Waals surface area contributed by atoms with Crippen molar-refractivity contribution in [2.24, 2.45) is 11.5 Å². The Bertz CT molecular complexity index is 471. The van der Waals surface area contributed by atoms with E-state index in [4.69, 9.17) is 11.5 Å². The number of amides is 2. The predicted octanol–water partition coefficient (Wildman–Crippen LogP) is 0.206. The van der Waals surface area contributed by atoms with Crippen LogP contribution in [0.2, 0.25) is 0 Å². The van der Waals surface area contributed by atoms with E-state index in [1.165, 1.54) is 6.07 Å². The number of benzene rings is 1. The van der Waals surface area contributed by atoms with Crippen molar-refractivity contribution >= 4 is 24.2 Å². The molecule has 19 heavy (non-hydrogen) atoms. The Kier molecular flexibility index (Phi) is 6.95. The molecule has 0 bridgehead atoms. The highest BCUT2D eigenvalue weighted by molar-refractivity contribution is 5.87. The number of hydrogen-bond acceptors (Lipinski definition) is 3. The van der Waals surface area contributed by atoms with Crippen molar-refractivity contribution in [2.75, 3.05) is 0 Å². The molecule has 0 aliphatic heterocycles. The Hall–Kier alpha value is -1.73. The number of primary amides is 1. The minimum absolute atomic E-state index is 0. The predicted molar refractivity (Wildman–Crippen MR) is 67.2 cm³/mol. The van der Waals surface area contributed by atoms with Crippen LogP contribution in [-0.4, -0.2) is 17.9 Å². The zero-order chi connectivity index (χ0) is 13.7. The maximum atomic E-state index is 12.9. The maximum absolute atomic E-state index is 12.9. The highest BCUT2D eigenvalue weighted by atomic mass is 35.5. The highest BCUT2D eigenvalue weighted by Crippen LogP contribution is 2.08. The number of nitrogens with one attached hydrogen (secondary N) is 1. The average molecular weight is 294 g/mol. The van der Waals surface area contributed by atoms with Gasteiger partial charge in [0, 0.05) is 6.54 Å². The summed E-state index contributed by atoms with van der Waals surface area (Å²) in [5.41, 5.74) is 10.7. The maximum Gasteiger partial charge on any atom is 0.237 e. The molecule has 0 aromatic heterocycles. The van der Waals surface area contributed by atoms with Crippen molar-refractivity contribution in [3.63, 3.8) is 0 Å². The zero-order valence-corrected chi connectivity index (χ0v) is 10.7. The lowest BCUT2D eigenvalue weighted by Crippen LogP contribution is -2.42. The lowest BCUT2D eigenvalue weighted by Gasteiger charge is -2.10. The van der Waals surface area contributed by atoms with Crippen LogP contribution in [0.1, 0.15) is 12.0 Å². The second-order valence-corrected chi connectivity index (χ2v) is 3.74. The standard InChI is InChI=1S/C11H13F2N3O2.ClH/c12-7-2-1-6(3-8(7)13)5-16-11(18)9(14)4-10(15)17;/h1-3,9H,4-5,14H2,(H2,15,17)(H,16,18);1H. The number of carbonyl (C=O) groups excluding carboxylic acids is 2. The molecule has 5 nitrogen and oxygen atoms in total. The summed E-state index contributed by atoms with van der Waals surface area (Å²) in [5, 5.41) is 2.39. The van der Waals surface area contributed by atoms with E-state index in [1.54, 1.807) is 0 Å². The molecule has 0 heterocycles. The summed E-state index contributed by atoms with van der Waals surface area (Å²) in [4.78, 5) is 21.9. The van der Waals surface area contributed by atoms with Gasteiger partial charge in [0.05, 0.1) is 12.5 Å². The van der Waals surface area contributed by atoms with Crippen LogP contribution in [0, 0.1) is 11.6 Å². The first kappa shape index (κ1) is 17.3. The first-order valence-corrected chi connectivity index (χ1v) is 5.15. The Balaban J connectivity index is 0.00000324. The van der Waals surface area contributed by atoms with Gasteiger partial charge >= 0.3 is 0 Å². The lowest BCUT2D eigenvalue weighted by atomic mass is 10.2. The smallest absolute Gasteiger partial charge is 0.237 e. The van der Waals surface area contributed by atoms with Gasteiger partial charge in [0.2, 0.25) is 11.8 Å². The molecule has 1 rings (SSSR count). The van der Waals surface area contributed by atoms with Crippen LogP contribution in [-0.2, 0) is 16.1 Å². The minimum Gasteiger partial charge on any atom is -0.370 e. The van der Waals surface area contributed by atoms with Crippen molar-refractivity contribution in [3.8, 4) is 0 Å². The summed E-state index contributed by atoms with van der Waals surface area (Å²) in [6.45, 7) is -0.0114. The van der Waals surface area contributed by atoms with Crippen LogP contribution < -0.4 is 16.8 Å². The molecule has 1 unspecified atom stereocenters. The summed E-state index contributed by atoms with van der Waals surface area (Å²) in [6.07, 6.45) is -0.274. The van der Waals surface area contributed by atoms with Crippen molar-refractivity contribution in [1.82, 2.24) is 5.32 Å². The van der Waals surface area contributed by atoms with Gasteiger partial charge in [-0.1, -0.05) is 6.07 Å². The van der Waals surface area contributed by atoms with Crippen LogP contribution >= 0.6 is 12.4 Å². The largest absolute Gasteiger partial charge is 0.370 e. The second-order valence-electron chi connectivity index (χ2n) is 3.74. The molecule has 0 saturated heterocycles. The van der Waals surface area contributed by atoms with E-state index in [-0.39, 0.29) is 25.4 Å². The van der Waals surface area contributed by atoms with Gasteiger partial charge in [0.1, 0.15) is 0 Å². The topological polar surface area (TPSA) is 98.2 Å². The van der Waals surface area contributed by atoms with E-state index in [0.717, 1.165) is 12.1 Å². The normalized spacial score (nSPS) is 11.3. The lowest BCUT2D eigenvalue weighted by molar-refractivity contribution is -0.126. The van der Waals surface area contributed by atoms with Crippen molar-refractivity contribution in [1.29, 1.82) is 0 Å². The molecule has 1 aromatic carbocycles. The van der Waals surface area contributed by atoms with Gasteiger partial charge in [-0.3, -0.25) is 9.59 Å². The Morgan fingerprint density at radius 3 is 2.42 bits per heavy atom. The fraction of sp³-hybridized carbons (Fsp3) is 0.273. The summed E-state index contributed by atoms with van der Waals surface area (Å²) in [7, 11) is 0. The highest BCUT2D eigenvalue weighted by Gasteiger charge is 2.15. The SMILES string of the molecule is Cl.NC(=O)CC(N)C(=O)NCc1ccc(F)c(F)c1. The molecule has 106 valence electrons. The van der Waals surface area contributed by atoms with Crippen LogP contribution in [0.25, 0.3) is 0 Å². The fourth-order valence-electron chi connectivity index (χ4n) is 1.28. The van der Waals surface area contributed by atoms with Gasteiger partial charge in [-0.25, -0.2) is 8.78 Å². The Labute approximate surface area is 114 Å². The number of hydrogen-bond donors (Lipinski definition) is 3. The van der Waals surface area contributed by atoms with Crippen molar-refractivity contribution < 1.29 is 18.4 Å². The molecule has 8 heteroatoms. The second kappa shape index (κ2) is 7.65. The molecule has 1 aromatic rings. The molecule has 2 amide bonds. The molecule has 0 fully saturated rings. The summed E-state index contributed by atoms with van der Waals surface area (Å²) >= 11 is 0. The molecule has 0 saturated carbocycles. The van der Waals surface area contributed by atoms with Crippen LogP contribution in [0.3, 0.4) is 0 Å². The average Bonchev–Trinajstić information content (AvgIpc) is 2.29. The monoisotopic (exact) mass is 293 g/mol. The zero-order valence-electron chi connectivity index (χ0n) is 9.86. The summed E-state index contributed by atoms with van der Waals surface area (Å²) < 4.78 is 25.5. The molecule has 0 spiro atoms. The Morgan fingerprint density at radius 1 is 1.26 bits per heavy atom. The van der Waals surface area contributed by atoms with Gasteiger partial charge in [-0.05, 0) is 17.7 Å². The third kappa shape index (κ3) is 5.62. The van der Waals surface area contributed by atoms with E-state index in [2.05, 4.69) is 5.32 Å². The molecular weight excluding hydrogens is 280 g/mol.